The molecule has 23 heavy (non-hydrogen) atoms. The van der Waals surface area contributed by atoms with E-state index in [2.05, 4.69) is 0 Å². The monoisotopic (exact) mass is 338 g/mol. The fourth-order valence-corrected chi connectivity index (χ4v) is 2.54. The summed E-state index contributed by atoms with van der Waals surface area (Å²) in [6, 6.07) is 6.33. The van der Waals surface area contributed by atoms with E-state index < -0.39 is 24.1 Å². The summed E-state index contributed by atoms with van der Waals surface area (Å²) in [7, 11) is 0. The molecule has 1 aliphatic heterocycles. The Bertz CT molecular complexity index is 590. The quantitative estimate of drug-likeness (QED) is 0.755. The Hall–Kier alpha value is -2.22. The third-order valence-electron chi connectivity index (χ3n) is 3.33. The zero-order valence-electron chi connectivity index (χ0n) is 12.7. The van der Waals surface area contributed by atoms with Crippen molar-refractivity contribution in [1.82, 2.24) is 0 Å². The number of hydrogen-bond acceptors (Lipinski definition) is 6. The number of nitrogens with zero attached hydrogens (tertiary/aromatic N) is 1. The molecule has 0 aromatic heterocycles. The van der Waals surface area contributed by atoms with Crippen LogP contribution in [0.25, 0.3) is 0 Å². The SMILES string of the molecule is CSCC[C@H](OC(=O)c1ccc(N2CCOC2=O)cc1)C(N)=O. The van der Waals surface area contributed by atoms with Crippen LogP contribution >= 0.6 is 11.8 Å². The second kappa shape index (κ2) is 7.87. The standard InChI is InChI=1S/C15H18N2O5S/c1-23-9-6-12(13(16)18)22-14(19)10-2-4-11(5-3-10)17-7-8-21-15(17)20/h2-5,12H,6-9H2,1H3,(H2,16,18)/t12-/m0/s1. The molecule has 0 saturated carbocycles. The highest BCUT2D eigenvalue weighted by Crippen LogP contribution is 2.20. The van der Waals surface area contributed by atoms with E-state index in [4.69, 9.17) is 15.2 Å². The number of carbonyl (C=O) groups excluding carboxylic acids is 3. The van der Waals surface area contributed by atoms with Crippen LogP contribution in [-0.4, -0.2) is 49.2 Å². The van der Waals surface area contributed by atoms with Gasteiger partial charge in [0.2, 0.25) is 0 Å². The molecule has 1 fully saturated rings. The summed E-state index contributed by atoms with van der Waals surface area (Å²) in [6.07, 6.45) is 0.913. The van der Waals surface area contributed by atoms with Crippen molar-refractivity contribution in [3.63, 3.8) is 0 Å². The Morgan fingerprint density at radius 3 is 2.61 bits per heavy atom. The van der Waals surface area contributed by atoms with Gasteiger partial charge in [-0.3, -0.25) is 9.69 Å². The average molecular weight is 338 g/mol. The first-order valence-corrected chi connectivity index (χ1v) is 8.46. The van der Waals surface area contributed by atoms with Gasteiger partial charge in [-0.2, -0.15) is 11.8 Å². The summed E-state index contributed by atoms with van der Waals surface area (Å²) in [5, 5.41) is 0. The number of hydrogen-bond donors (Lipinski definition) is 1. The molecule has 0 radical (unpaired) electrons. The zero-order chi connectivity index (χ0) is 16.8. The van der Waals surface area contributed by atoms with E-state index in [1.165, 1.54) is 28.8 Å². The maximum atomic E-state index is 12.1. The van der Waals surface area contributed by atoms with Crippen LogP contribution < -0.4 is 10.6 Å². The molecule has 2 N–H and O–H groups in total. The predicted octanol–water partition coefficient (Wildman–Crippen LogP) is 1.41. The third kappa shape index (κ3) is 4.38. The summed E-state index contributed by atoms with van der Waals surface area (Å²) < 4.78 is 10.0. The van der Waals surface area contributed by atoms with Crippen LogP contribution in [0.3, 0.4) is 0 Å². The molecule has 124 valence electrons. The Morgan fingerprint density at radius 1 is 1.39 bits per heavy atom. The van der Waals surface area contributed by atoms with Gasteiger partial charge in [0.1, 0.15) is 6.61 Å². The molecule has 8 heteroatoms. The molecular weight excluding hydrogens is 320 g/mol. The van der Waals surface area contributed by atoms with Crippen LogP contribution in [0.2, 0.25) is 0 Å². The van der Waals surface area contributed by atoms with Gasteiger partial charge in [0.15, 0.2) is 6.10 Å². The van der Waals surface area contributed by atoms with E-state index in [9.17, 15) is 14.4 Å². The average Bonchev–Trinajstić information content (AvgIpc) is 2.97. The highest BCUT2D eigenvalue weighted by Gasteiger charge is 2.24. The van der Waals surface area contributed by atoms with Gasteiger partial charge in [0, 0.05) is 12.1 Å². The van der Waals surface area contributed by atoms with Crippen molar-refractivity contribution in [2.24, 2.45) is 5.73 Å². The number of thioether (sulfide) groups is 1. The number of nitrogens with two attached hydrogens (primary N) is 1. The van der Waals surface area contributed by atoms with Gasteiger partial charge in [-0.25, -0.2) is 9.59 Å². The maximum Gasteiger partial charge on any atom is 0.414 e. The highest BCUT2D eigenvalue weighted by molar-refractivity contribution is 7.98. The van der Waals surface area contributed by atoms with Crippen LogP contribution in [0.15, 0.2) is 24.3 Å². The number of ether oxygens (including phenoxy) is 2. The minimum Gasteiger partial charge on any atom is -0.449 e. The van der Waals surface area contributed by atoms with Gasteiger partial charge < -0.3 is 15.2 Å². The summed E-state index contributed by atoms with van der Waals surface area (Å²) in [4.78, 5) is 36.3. The van der Waals surface area contributed by atoms with Crippen LogP contribution in [-0.2, 0) is 14.3 Å². The fraction of sp³-hybridized carbons (Fsp3) is 0.400. The molecule has 1 aromatic carbocycles. The molecule has 0 aliphatic carbocycles. The predicted molar refractivity (Wildman–Crippen MR) is 86.5 cm³/mol. The zero-order valence-corrected chi connectivity index (χ0v) is 13.5. The molecule has 0 unspecified atom stereocenters. The molecule has 0 bridgehead atoms. The first kappa shape index (κ1) is 17.1. The normalized spacial score (nSPS) is 15.2. The molecule has 2 rings (SSSR count). The number of cyclic esters (lactones) is 1. The van der Waals surface area contributed by atoms with Gasteiger partial charge in [-0.05, 0) is 36.3 Å². The molecule has 1 aromatic rings. The lowest BCUT2D eigenvalue weighted by atomic mass is 10.2. The first-order valence-electron chi connectivity index (χ1n) is 7.06. The Morgan fingerprint density at radius 2 is 2.09 bits per heavy atom. The van der Waals surface area contributed by atoms with E-state index in [1.807, 2.05) is 6.26 Å². The van der Waals surface area contributed by atoms with Gasteiger partial charge in [0.05, 0.1) is 12.1 Å². The number of benzene rings is 1. The lowest BCUT2D eigenvalue weighted by molar-refractivity contribution is -0.126. The number of esters is 1. The summed E-state index contributed by atoms with van der Waals surface area (Å²) in [5.41, 5.74) is 6.17. The first-order chi connectivity index (χ1) is 11.0. The molecule has 2 amide bonds. The fourth-order valence-electron chi connectivity index (χ4n) is 2.09. The van der Waals surface area contributed by atoms with Crippen LogP contribution in [0.1, 0.15) is 16.8 Å². The summed E-state index contributed by atoms with van der Waals surface area (Å²) in [6.45, 7) is 0.819. The van der Waals surface area contributed by atoms with E-state index in [1.54, 1.807) is 12.1 Å². The van der Waals surface area contributed by atoms with E-state index in [-0.39, 0.29) is 5.56 Å². The highest BCUT2D eigenvalue weighted by atomic mass is 32.2. The van der Waals surface area contributed by atoms with Crippen LogP contribution in [0.4, 0.5) is 10.5 Å². The van der Waals surface area contributed by atoms with Gasteiger partial charge in [-0.1, -0.05) is 0 Å². The third-order valence-corrected chi connectivity index (χ3v) is 3.97. The smallest absolute Gasteiger partial charge is 0.414 e. The van der Waals surface area contributed by atoms with Crippen molar-refractivity contribution >= 4 is 35.4 Å². The number of anilines is 1. The Balaban J connectivity index is 2.01. The second-order valence-electron chi connectivity index (χ2n) is 4.89. The van der Waals surface area contributed by atoms with E-state index >= 15 is 0 Å². The van der Waals surface area contributed by atoms with Gasteiger partial charge in [-0.15, -0.1) is 0 Å². The van der Waals surface area contributed by atoms with Crippen LogP contribution in [0, 0.1) is 0 Å². The van der Waals surface area contributed by atoms with Crippen molar-refractivity contribution < 1.29 is 23.9 Å². The van der Waals surface area contributed by atoms with Crippen molar-refractivity contribution in [3.05, 3.63) is 29.8 Å². The second-order valence-corrected chi connectivity index (χ2v) is 5.88. The summed E-state index contributed by atoms with van der Waals surface area (Å²) in [5.74, 6) is -0.619. The maximum absolute atomic E-state index is 12.1. The molecule has 1 saturated heterocycles. The van der Waals surface area contributed by atoms with Crippen LogP contribution in [0.5, 0.6) is 0 Å². The molecule has 1 aliphatic rings. The summed E-state index contributed by atoms with van der Waals surface area (Å²) >= 11 is 1.54. The minimum absolute atomic E-state index is 0.289. The number of amides is 2. The van der Waals surface area contributed by atoms with Gasteiger partial charge >= 0.3 is 12.1 Å². The molecule has 1 atom stereocenters. The number of primary amides is 1. The lowest BCUT2D eigenvalue weighted by Crippen LogP contribution is -2.33. The largest absolute Gasteiger partial charge is 0.449 e. The van der Waals surface area contributed by atoms with Crippen molar-refractivity contribution in [3.8, 4) is 0 Å². The van der Waals surface area contributed by atoms with Gasteiger partial charge in [0.25, 0.3) is 5.91 Å². The number of rotatable bonds is 7. The van der Waals surface area contributed by atoms with Crippen molar-refractivity contribution in [2.75, 3.05) is 30.1 Å². The van der Waals surface area contributed by atoms with Crippen molar-refractivity contribution in [1.29, 1.82) is 0 Å². The van der Waals surface area contributed by atoms with Crippen molar-refractivity contribution in [2.45, 2.75) is 12.5 Å². The molecule has 7 nitrogen and oxygen atoms in total. The minimum atomic E-state index is -0.941. The number of carbonyl (C=O) groups is 3. The lowest BCUT2D eigenvalue weighted by Gasteiger charge is -2.15. The topological polar surface area (TPSA) is 98.9 Å². The van der Waals surface area contributed by atoms with E-state index in [0.29, 0.717) is 31.0 Å². The Kier molecular flexibility index (Phi) is 5.86. The Labute approximate surface area is 138 Å². The molecular formula is C15H18N2O5S. The molecule has 1 heterocycles. The van der Waals surface area contributed by atoms with E-state index in [0.717, 1.165) is 0 Å². The molecule has 0 spiro atoms.